The largest absolute Gasteiger partial charge is 0.248 e. The number of hydrogen-bond donors (Lipinski definition) is 0. The Morgan fingerprint density at radius 2 is 1.13 bits per heavy atom. The first-order valence-corrected chi connectivity index (χ1v) is 4.68. The van der Waals surface area contributed by atoms with Crippen molar-refractivity contribution >= 4 is 39.8 Å². The molecule has 2 heteroatoms. The van der Waals surface area contributed by atoms with Crippen LogP contribution in [0.25, 0.3) is 21.8 Å². The van der Waals surface area contributed by atoms with E-state index >= 15 is 0 Å². The van der Waals surface area contributed by atoms with Crippen molar-refractivity contribution in [3.8, 4) is 0 Å². The van der Waals surface area contributed by atoms with Crippen molar-refractivity contribution in [1.82, 2.24) is 4.98 Å². The minimum Gasteiger partial charge on any atom is -0.248 e. The summed E-state index contributed by atoms with van der Waals surface area (Å²) < 4.78 is 0. The molecule has 1 nitrogen and oxygen atoms in total. The average molecular weight is 254 g/mol. The maximum atomic E-state index is 4.58. The minimum absolute atomic E-state index is 0. The second-order valence-electron chi connectivity index (χ2n) is 3.37. The molecule has 0 unspecified atom stereocenters. The van der Waals surface area contributed by atoms with Crippen molar-refractivity contribution in [2.45, 2.75) is 0 Å². The van der Waals surface area contributed by atoms with Gasteiger partial charge in [0.2, 0.25) is 0 Å². The maximum absolute atomic E-state index is 4.58. The fourth-order valence-corrected chi connectivity index (χ4v) is 1.72. The molecule has 0 aliphatic heterocycles. The summed E-state index contributed by atoms with van der Waals surface area (Å²) in [7, 11) is 0. The van der Waals surface area contributed by atoms with Crippen LogP contribution in [0.3, 0.4) is 0 Å². The number of para-hydroxylation sites is 2. The van der Waals surface area contributed by atoms with E-state index in [1.807, 2.05) is 36.4 Å². The third kappa shape index (κ3) is 1.75. The third-order valence-corrected chi connectivity index (χ3v) is 2.43. The molecular formula is C13H9AsN. The monoisotopic (exact) mass is 254 g/mol. The van der Waals surface area contributed by atoms with Gasteiger partial charge in [0.05, 0.1) is 11.0 Å². The Morgan fingerprint density at radius 3 is 1.67 bits per heavy atom. The zero-order valence-corrected chi connectivity index (χ0v) is 9.97. The second kappa shape index (κ2) is 4.04. The van der Waals surface area contributed by atoms with Crippen LogP contribution in [0.4, 0.5) is 0 Å². The fourth-order valence-electron chi connectivity index (χ4n) is 1.72. The van der Waals surface area contributed by atoms with E-state index in [1.165, 1.54) is 10.8 Å². The van der Waals surface area contributed by atoms with Crippen LogP contribution in [0.15, 0.2) is 54.6 Å². The number of fused-ring (bicyclic) bond motifs is 2. The van der Waals surface area contributed by atoms with E-state index in [1.54, 1.807) is 0 Å². The van der Waals surface area contributed by atoms with Gasteiger partial charge in [-0.25, -0.2) is 4.98 Å². The Kier molecular flexibility index (Phi) is 2.74. The van der Waals surface area contributed by atoms with Gasteiger partial charge in [-0.1, -0.05) is 36.4 Å². The maximum Gasteiger partial charge on any atom is 0.0709 e. The Balaban J connectivity index is 0.000000853. The Labute approximate surface area is 99.5 Å². The molecular weight excluding hydrogens is 245 g/mol. The summed E-state index contributed by atoms with van der Waals surface area (Å²) >= 11 is 0. The Hall–Kier alpha value is -1.33. The predicted molar refractivity (Wildman–Crippen MR) is 65.0 cm³/mol. The summed E-state index contributed by atoms with van der Waals surface area (Å²) in [5.74, 6) is 0. The molecule has 0 N–H and O–H groups in total. The molecule has 3 rings (SSSR count). The molecule has 3 radical (unpaired) electrons. The van der Waals surface area contributed by atoms with E-state index in [0.29, 0.717) is 0 Å². The van der Waals surface area contributed by atoms with Gasteiger partial charge in [0.25, 0.3) is 0 Å². The molecule has 71 valence electrons. The van der Waals surface area contributed by atoms with Crippen molar-refractivity contribution in [2.24, 2.45) is 0 Å². The Morgan fingerprint density at radius 1 is 0.667 bits per heavy atom. The normalized spacial score (nSPS) is 10.1. The topological polar surface area (TPSA) is 12.9 Å². The third-order valence-electron chi connectivity index (χ3n) is 2.43. The molecule has 0 bridgehead atoms. The zero-order chi connectivity index (χ0) is 9.38. The van der Waals surface area contributed by atoms with Crippen molar-refractivity contribution in [3.63, 3.8) is 0 Å². The minimum atomic E-state index is 0. The van der Waals surface area contributed by atoms with E-state index in [4.69, 9.17) is 0 Å². The van der Waals surface area contributed by atoms with Crippen LogP contribution < -0.4 is 0 Å². The molecule has 0 atom stereocenters. The number of rotatable bonds is 0. The molecule has 0 saturated heterocycles. The average Bonchev–Trinajstić information content (AvgIpc) is 2.26. The zero-order valence-electron chi connectivity index (χ0n) is 8.09. The first-order chi connectivity index (χ1) is 6.93. The molecule has 0 aliphatic carbocycles. The molecule has 3 aromatic rings. The van der Waals surface area contributed by atoms with Gasteiger partial charge in [0, 0.05) is 28.7 Å². The summed E-state index contributed by atoms with van der Waals surface area (Å²) in [6, 6.07) is 18.6. The number of pyridine rings is 1. The molecule has 0 aliphatic rings. The van der Waals surface area contributed by atoms with E-state index in [2.05, 4.69) is 23.2 Å². The van der Waals surface area contributed by atoms with Crippen molar-refractivity contribution in [3.05, 3.63) is 54.6 Å². The van der Waals surface area contributed by atoms with Crippen LogP contribution in [0.1, 0.15) is 0 Å². The molecule has 1 aromatic heterocycles. The molecule has 0 spiro atoms. The van der Waals surface area contributed by atoms with E-state index in [9.17, 15) is 0 Å². The van der Waals surface area contributed by atoms with Gasteiger partial charge in [0.1, 0.15) is 0 Å². The Bertz CT molecular complexity index is 499. The SMILES string of the molecule is [As].c1ccc2nc3ccccc3cc2c1. The van der Waals surface area contributed by atoms with Crippen LogP contribution in [0.5, 0.6) is 0 Å². The summed E-state index contributed by atoms with van der Waals surface area (Å²) in [5.41, 5.74) is 2.12. The van der Waals surface area contributed by atoms with Gasteiger partial charge in [-0.3, -0.25) is 0 Å². The molecule has 0 amide bonds. The van der Waals surface area contributed by atoms with Crippen LogP contribution in [0.2, 0.25) is 0 Å². The van der Waals surface area contributed by atoms with Crippen LogP contribution in [-0.4, -0.2) is 22.9 Å². The van der Waals surface area contributed by atoms with Crippen molar-refractivity contribution in [1.29, 1.82) is 0 Å². The quantitative estimate of drug-likeness (QED) is 0.444. The molecule has 2 aromatic carbocycles. The first-order valence-electron chi connectivity index (χ1n) is 4.68. The number of aromatic nitrogens is 1. The van der Waals surface area contributed by atoms with Gasteiger partial charge >= 0.3 is 0 Å². The van der Waals surface area contributed by atoms with E-state index < -0.39 is 0 Å². The fraction of sp³-hybridized carbons (Fsp3) is 0. The second-order valence-corrected chi connectivity index (χ2v) is 3.37. The van der Waals surface area contributed by atoms with E-state index in [0.717, 1.165) is 11.0 Å². The molecule has 1 heterocycles. The van der Waals surface area contributed by atoms with Crippen LogP contribution in [-0.2, 0) is 0 Å². The number of benzene rings is 2. The summed E-state index contributed by atoms with van der Waals surface area (Å²) in [4.78, 5) is 4.58. The summed E-state index contributed by atoms with van der Waals surface area (Å²) in [5, 5.41) is 2.40. The smallest absolute Gasteiger partial charge is 0.0709 e. The van der Waals surface area contributed by atoms with Crippen molar-refractivity contribution in [2.75, 3.05) is 0 Å². The molecule has 0 fully saturated rings. The summed E-state index contributed by atoms with van der Waals surface area (Å²) in [6.45, 7) is 0. The van der Waals surface area contributed by atoms with Gasteiger partial charge in [0.15, 0.2) is 0 Å². The van der Waals surface area contributed by atoms with Crippen molar-refractivity contribution < 1.29 is 0 Å². The predicted octanol–water partition coefficient (Wildman–Crippen LogP) is 3.01. The van der Waals surface area contributed by atoms with Gasteiger partial charge < -0.3 is 0 Å². The number of hydrogen-bond acceptors (Lipinski definition) is 1. The van der Waals surface area contributed by atoms with Gasteiger partial charge in [-0.15, -0.1) is 0 Å². The first kappa shape index (κ1) is 10.2. The van der Waals surface area contributed by atoms with E-state index in [-0.39, 0.29) is 18.0 Å². The van der Waals surface area contributed by atoms with Crippen LogP contribution in [0, 0.1) is 0 Å². The summed E-state index contributed by atoms with van der Waals surface area (Å²) in [6.07, 6.45) is 0. The van der Waals surface area contributed by atoms with Gasteiger partial charge in [-0.05, 0) is 18.2 Å². The number of nitrogens with zero attached hydrogens (tertiary/aromatic N) is 1. The van der Waals surface area contributed by atoms with Gasteiger partial charge in [-0.2, -0.15) is 0 Å². The molecule has 0 saturated carbocycles. The van der Waals surface area contributed by atoms with Crippen LogP contribution >= 0.6 is 0 Å². The standard InChI is InChI=1S/C13H9N.As/c1-3-7-12-10(5-1)9-11-6-2-4-8-13(11)14-12;/h1-9H;. The molecule has 15 heavy (non-hydrogen) atoms.